The Bertz CT molecular complexity index is 571. The van der Waals surface area contributed by atoms with Crippen LogP contribution < -0.4 is 5.73 Å². The summed E-state index contributed by atoms with van der Waals surface area (Å²) in [5, 5.41) is 0.774. The fourth-order valence-electron chi connectivity index (χ4n) is 2.93. The molecule has 0 saturated carbocycles. The lowest BCUT2D eigenvalue weighted by atomic mass is 9.92. The number of rotatable bonds is 10. The first-order valence-electron chi connectivity index (χ1n) is 8.75. The Morgan fingerprint density at radius 1 is 1.04 bits per heavy atom. The summed E-state index contributed by atoms with van der Waals surface area (Å²) in [5.74, 6) is 0.301. The smallest absolute Gasteiger partial charge is 0.0478 e. The molecule has 1 unspecified atom stereocenters. The Hall–Kier alpha value is -1.42. The summed E-state index contributed by atoms with van der Waals surface area (Å²) in [5.41, 5.74) is 7.95. The molecule has 0 amide bonds. The average molecular weight is 346 g/mol. The first kappa shape index (κ1) is 18.9. The molecule has 2 aromatic rings. The van der Waals surface area contributed by atoms with Gasteiger partial charge in [0.15, 0.2) is 0 Å². The van der Waals surface area contributed by atoms with Gasteiger partial charge >= 0.3 is 0 Å². The van der Waals surface area contributed by atoms with Crippen LogP contribution in [0.4, 0.5) is 0 Å². The van der Waals surface area contributed by atoms with Gasteiger partial charge in [0.25, 0.3) is 0 Å². The number of nitrogens with zero attached hydrogens (tertiary/aromatic N) is 2. The molecule has 0 spiro atoms. The van der Waals surface area contributed by atoms with Crippen molar-refractivity contribution in [1.29, 1.82) is 0 Å². The molecule has 1 aromatic carbocycles. The SMILES string of the molecule is CN(CCCCCN)CCC(c1ccc(Cl)cc1)c1ccccn1. The van der Waals surface area contributed by atoms with E-state index in [1.807, 2.05) is 24.4 Å². The van der Waals surface area contributed by atoms with Gasteiger partial charge in [0.2, 0.25) is 0 Å². The molecule has 1 aromatic heterocycles. The third-order valence-corrected chi connectivity index (χ3v) is 4.61. The summed E-state index contributed by atoms with van der Waals surface area (Å²) in [6.07, 6.45) is 6.46. The highest BCUT2D eigenvalue weighted by Crippen LogP contribution is 2.27. The van der Waals surface area contributed by atoms with Crippen LogP contribution >= 0.6 is 11.6 Å². The van der Waals surface area contributed by atoms with Gasteiger partial charge in [-0.1, -0.05) is 36.2 Å². The molecule has 1 atom stereocenters. The van der Waals surface area contributed by atoms with E-state index in [1.165, 1.54) is 18.4 Å². The number of hydrogen-bond donors (Lipinski definition) is 1. The number of benzene rings is 1. The largest absolute Gasteiger partial charge is 0.330 e. The maximum absolute atomic E-state index is 6.04. The number of halogens is 1. The summed E-state index contributed by atoms with van der Waals surface area (Å²) in [7, 11) is 2.19. The van der Waals surface area contributed by atoms with Crippen LogP contribution in [-0.2, 0) is 0 Å². The van der Waals surface area contributed by atoms with Crippen molar-refractivity contribution in [3.8, 4) is 0 Å². The van der Waals surface area contributed by atoms with Gasteiger partial charge in [-0.3, -0.25) is 4.98 Å². The third kappa shape index (κ3) is 6.23. The van der Waals surface area contributed by atoms with Gasteiger partial charge in [-0.2, -0.15) is 0 Å². The highest BCUT2D eigenvalue weighted by atomic mass is 35.5. The number of nitrogens with two attached hydrogens (primary N) is 1. The minimum atomic E-state index is 0.301. The van der Waals surface area contributed by atoms with Crippen molar-refractivity contribution in [3.05, 3.63) is 64.9 Å². The Labute approximate surface area is 150 Å². The van der Waals surface area contributed by atoms with Crippen LogP contribution in [0.1, 0.15) is 42.9 Å². The van der Waals surface area contributed by atoms with Crippen LogP contribution in [-0.4, -0.2) is 36.6 Å². The van der Waals surface area contributed by atoms with Gasteiger partial charge < -0.3 is 10.6 Å². The van der Waals surface area contributed by atoms with Crippen LogP contribution in [0.2, 0.25) is 5.02 Å². The molecule has 2 rings (SSSR count). The lowest BCUT2D eigenvalue weighted by molar-refractivity contribution is 0.314. The number of hydrogen-bond acceptors (Lipinski definition) is 3. The van der Waals surface area contributed by atoms with Gasteiger partial charge in [-0.05, 0) is 75.8 Å². The van der Waals surface area contributed by atoms with Crippen molar-refractivity contribution >= 4 is 11.6 Å². The van der Waals surface area contributed by atoms with E-state index < -0.39 is 0 Å². The van der Waals surface area contributed by atoms with Crippen molar-refractivity contribution < 1.29 is 0 Å². The van der Waals surface area contributed by atoms with Crippen LogP contribution in [0, 0.1) is 0 Å². The van der Waals surface area contributed by atoms with Crippen molar-refractivity contribution in [2.24, 2.45) is 5.73 Å². The normalized spacial score (nSPS) is 12.5. The molecule has 0 aliphatic carbocycles. The molecular formula is C20H28ClN3. The highest BCUT2D eigenvalue weighted by molar-refractivity contribution is 6.30. The van der Waals surface area contributed by atoms with Crippen LogP contribution in [0.3, 0.4) is 0 Å². The maximum atomic E-state index is 6.04. The zero-order valence-electron chi connectivity index (χ0n) is 14.5. The van der Waals surface area contributed by atoms with Crippen molar-refractivity contribution in [1.82, 2.24) is 9.88 Å². The Kier molecular flexibility index (Phi) is 8.23. The summed E-state index contributed by atoms with van der Waals surface area (Å²) >= 11 is 6.04. The highest BCUT2D eigenvalue weighted by Gasteiger charge is 2.16. The van der Waals surface area contributed by atoms with Crippen molar-refractivity contribution in [2.45, 2.75) is 31.6 Å². The molecular weight excluding hydrogens is 318 g/mol. The Morgan fingerprint density at radius 2 is 1.83 bits per heavy atom. The zero-order valence-corrected chi connectivity index (χ0v) is 15.3. The van der Waals surface area contributed by atoms with E-state index in [1.54, 1.807) is 0 Å². The van der Waals surface area contributed by atoms with E-state index in [4.69, 9.17) is 17.3 Å². The Balaban J connectivity index is 1.98. The van der Waals surface area contributed by atoms with Gasteiger partial charge in [-0.25, -0.2) is 0 Å². The number of unbranched alkanes of at least 4 members (excludes halogenated alkanes) is 2. The zero-order chi connectivity index (χ0) is 17.2. The van der Waals surface area contributed by atoms with E-state index in [0.29, 0.717) is 5.92 Å². The topological polar surface area (TPSA) is 42.1 Å². The van der Waals surface area contributed by atoms with E-state index in [0.717, 1.165) is 43.2 Å². The Morgan fingerprint density at radius 3 is 2.50 bits per heavy atom. The predicted molar refractivity (Wildman–Crippen MR) is 103 cm³/mol. The molecule has 0 fully saturated rings. The van der Waals surface area contributed by atoms with Crippen LogP contribution in [0.25, 0.3) is 0 Å². The second kappa shape index (κ2) is 10.4. The molecule has 0 aliphatic heterocycles. The molecule has 3 nitrogen and oxygen atoms in total. The average Bonchev–Trinajstić information content (AvgIpc) is 2.61. The van der Waals surface area contributed by atoms with Crippen molar-refractivity contribution in [2.75, 3.05) is 26.7 Å². The molecule has 130 valence electrons. The lowest BCUT2D eigenvalue weighted by Gasteiger charge is -2.22. The number of pyridine rings is 1. The van der Waals surface area contributed by atoms with Crippen LogP contribution in [0.5, 0.6) is 0 Å². The summed E-state index contributed by atoms with van der Waals surface area (Å²) < 4.78 is 0. The van der Waals surface area contributed by atoms with Gasteiger partial charge in [0.05, 0.1) is 0 Å². The van der Waals surface area contributed by atoms with Crippen LogP contribution in [0.15, 0.2) is 48.7 Å². The third-order valence-electron chi connectivity index (χ3n) is 4.36. The second-order valence-corrected chi connectivity index (χ2v) is 6.74. The summed E-state index contributed by atoms with van der Waals surface area (Å²) in [6, 6.07) is 14.3. The number of aromatic nitrogens is 1. The predicted octanol–water partition coefficient (Wildman–Crippen LogP) is 4.32. The molecule has 0 saturated heterocycles. The fraction of sp³-hybridized carbons (Fsp3) is 0.450. The molecule has 24 heavy (non-hydrogen) atoms. The first-order chi connectivity index (χ1) is 11.7. The molecule has 0 aliphatic rings. The standard InChI is InChI=1S/C20H28ClN3/c1-24(15-6-2-4-13-22)16-12-19(20-7-3-5-14-23-20)17-8-10-18(21)11-9-17/h3,5,7-11,14,19H,2,4,6,12-13,15-16,22H2,1H3. The first-order valence-corrected chi connectivity index (χ1v) is 9.13. The summed E-state index contributed by atoms with van der Waals surface area (Å²) in [6.45, 7) is 2.96. The molecule has 0 bridgehead atoms. The van der Waals surface area contributed by atoms with E-state index in [2.05, 4.69) is 41.2 Å². The lowest BCUT2D eigenvalue weighted by Crippen LogP contribution is -2.23. The molecule has 1 heterocycles. The summed E-state index contributed by atoms with van der Waals surface area (Å²) in [4.78, 5) is 6.98. The second-order valence-electron chi connectivity index (χ2n) is 6.30. The molecule has 0 radical (unpaired) electrons. The minimum Gasteiger partial charge on any atom is -0.330 e. The van der Waals surface area contributed by atoms with Gasteiger partial charge in [0, 0.05) is 22.8 Å². The minimum absolute atomic E-state index is 0.301. The van der Waals surface area contributed by atoms with E-state index >= 15 is 0 Å². The van der Waals surface area contributed by atoms with Gasteiger partial charge in [-0.15, -0.1) is 0 Å². The van der Waals surface area contributed by atoms with Gasteiger partial charge in [0.1, 0.15) is 0 Å². The van der Waals surface area contributed by atoms with Crippen molar-refractivity contribution in [3.63, 3.8) is 0 Å². The maximum Gasteiger partial charge on any atom is 0.0478 e. The monoisotopic (exact) mass is 345 g/mol. The fourth-order valence-corrected chi connectivity index (χ4v) is 3.05. The molecule has 4 heteroatoms. The quantitative estimate of drug-likeness (QED) is 0.652. The van der Waals surface area contributed by atoms with E-state index in [9.17, 15) is 0 Å². The molecule has 2 N–H and O–H groups in total. The van der Waals surface area contributed by atoms with E-state index in [-0.39, 0.29) is 0 Å².